The number of nitrogens with zero attached hydrogens (tertiary/aromatic N) is 5. The molecule has 0 bridgehead atoms. The Hall–Kier alpha value is -2.25. The number of thiazole rings is 1. The van der Waals surface area contributed by atoms with E-state index in [2.05, 4.69) is 31.8 Å². The van der Waals surface area contributed by atoms with Gasteiger partial charge in [-0.2, -0.15) is 4.98 Å². The van der Waals surface area contributed by atoms with E-state index in [4.69, 9.17) is 4.52 Å². The molecule has 0 saturated carbocycles. The van der Waals surface area contributed by atoms with Crippen molar-refractivity contribution in [3.8, 4) is 11.5 Å². The summed E-state index contributed by atoms with van der Waals surface area (Å²) >= 11 is 1.70. The first-order chi connectivity index (χ1) is 11.8. The largest absolute Gasteiger partial charge is 0.343 e. The predicted molar refractivity (Wildman–Crippen MR) is 93.9 cm³/mol. The van der Waals surface area contributed by atoms with E-state index in [1.165, 1.54) is 0 Å². The van der Waals surface area contributed by atoms with E-state index in [9.17, 15) is 0 Å². The summed E-state index contributed by atoms with van der Waals surface area (Å²) in [5, 5.41) is 7.26. The number of rotatable bonds is 4. The van der Waals surface area contributed by atoms with Crippen molar-refractivity contribution in [2.75, 3.05) is 24.5 Å². The lowest BCUT2D eigenvalue weighted by atomic mass is 10.2. The zero-order chi connectivity index (χ0) is 16.4. The smallest absolute Gasteiger partial charge is 0.257 e. The highest BCUT2D eigenvalue weighted by Crippen LogP contribution is 2.23. The lowest BCUT2D eigenvalue weighted by Crippen LogP contribution is -2.51. The molecule has 3 heterocycles. The van der Waals surface area contributed by atoms with Crippen molar-refractivity contribution in [1.82, 2.24) is 20.0 Å². The van der Waals surface area contributed by atoms with Gasteiger partial charge in [-0.05, 0) is 19.1 Å². The number of aromatic nitrogens is 3. The molecule has 0 aliphatic carbocycles. The monoisotopic (exact) mass is 341 g/mol. The summed E-state index contributed by atoms with van der Waals surface area (Å²) in [6.07, 6.45) is 1.86. The van der Waals surface area contributed by atoms with Gasteiger partial charge >= 0.3 is 0 Å². The standard InChI is InChI=1S/C17H19N5OS/c1-13-11-21(8-9-22(13)17-18-7-10-24-17)12-15-19-16(23-20-15)14-5-3-2-4-6-14/h2-7,10,13H,8-9,11-12H2,1H3/t13-/m0/s1. The summed E-state index contributed by atoms with van der Waals surface area (Å²) in [5.74, 6) is 1.32. The molecule has 2 aromatic heterocycles. The molecule has 0 amide bonds. The van der Waals surface area contributed by atoms with Gasteiger partial charge in [0, 0.05) is 42.8 Å². The molecule has 0 unspecified atom stereocenters. The van der Waals surface area contributed by atoms with Gasteiger partial charge in [0.1, 0.15) is 0 Å². The van der Waals surface area contributed by atoms with E-state index in [1.807, 2.05) is 41.9 Å². The molecule has 0 N–H and O–H groups in total. The van der Waals surface area contributed by atoms with Gasteiger partial charge in [-0.3, -0.25) is 4.90 Å². The Morgan fingerprint density at radius 2 is 2.12 bits per heavy atom. The third kappa shape index (κ3) is 3.18. The van der Waals surface area contributed by atoms with E-state index in [-0.39, 0.29) is 0 Å². The molecule has 1 aromatic carbocycles. The SMILES string of the molecule is C[C@H]1CN(Cc2noc(-c3ccccc3)n2)CCN1c1nccs1. The van der Waals surface area contributed by atoms with Crippen molar-refractivity contribution in [2.45, 2.75) is 19.5 Å². The lowest BCUT2D eigenvalue weighted by Gasteiger charge is -2.39. The Balaban J connectivity index is 1.39. The van der Waals surface area contributed by atoms with Crippen molar-refractivity contribution in [3.05, 3.63) is 47.7 Å². The summed E-state index contributed by atoms with van der Waals surface area (Å²) in [4.78, 5) is 13.7. The Kier molecular flexibility index (Phi) is 4.27. The number of hydrogen-bond acceptors (Lipinski definition) is 7. The number of benzene rings is 1. The molecule has 1 atom stereocenters. The molecule has 6 nitrogen and oxygen atoms in total. The van der Waals surface area contributed by atoms with Crippen LogP contribution >= 0.6 is 11.3 Å². The van der Waals surface area contributed by atoms with Crippen molar-refractivity contribution >= 4 is 16.5 Å². The quantitative estimate of drug-likeness (QED) is 0.727. The maximum absolute atomic E-state index is 5.39. The average molecular weight is 341 g/mol. The molecule has 7 heteroatoms. The highest BCUT2D eigenvalue weighted by molar-refractivity contribution is 7.13. The van der Waals surface area contributed by atoms with Crippen LogP contribution in [0.2, 0.25) is 0 Å². The van der Waals surface area contributed by atoms with E-state index in [0.717, 1.165) is 36.2 Å². The zero-order valence-electron chi connectivity index (χ0n) is 13.5. The molecule has 3 aromatic rings. The predicted octanol–water partition coefficient (Wildman–Crippen LogP) is 2.90. The van der Waals surface area contributed by atoms with Crippen LogP contribution in [-0.4, -0.2) is 45.7 Å². The first-order valence-electron chi connectivity index (χ1n) is 8.06. The van der Waals surface area contributed by atoms with E-state index in [0.29, 0.717) is 18.5 Å². The molecular weight excluding hydrogens is 322 g/mol. The van der Waals surface area contributed by atoms with Gasteiger partial charge in [0.25, 0.3) is 5.89 Å². The van der Waals surface area contributed by atoms with Crippen LogP contribution < -0.4 is 4.90 Å². The third-order valence-corrected chi connectivity index (χ3v) is 5.04. The van der Waals surface area contributed by atoms with Crippen molar-refractivity contribution in [2.24, 2.45) is 0 Å². The van der Waals surface area contributed by atoms with Gasteiger partial charge < -0.3 is 9.42 Å². The van der Waals surface area contributed by atoms with E-state index >= 15 is 0 Å². The molecule has 4 rings (SSSR count). The maximum Gasteiger partial charge on any atom is 0.257 e. The van der Waals surface area contributed by atoms with Crippen LogP contribution in [0.15, 0.2) is 46.4 Å². The number of anilines is 1. The summed E-state index contributed by atoms with van der Waals surface area (Å²) < 4.78 is 5.39. The molecular formula is C17H19N5OS. The van der Waals surface area contributed by atoms with Crippen molar-refractivity contribution in [3.63, 3.8) is 0 Å². The molecule has 1 saturated heterocycles. The first kappa shape index (κ1) is 15.3. The normalized spacial score (nSPS) is 18.9. The van der Waals surface area contributed by atoms with E-state index in [1.54, 1.807) is 11.3 Å². The number of piperazine rings is 1. The fraction of sp³-hybridized carbons (Fsp3) is 0.353. The Morgan fingerprint density at radius 3 is 2.88 bits per heavy atom. The van der Waals surface area contributed by atoms with Crippen LogP contribution in [0.25, 0.3) is 11.5 Å². The minimum Gasteiger partial charge on any atom is -0.343 e. The van der Waals surface area contributed by atoms with Gasteiger partial charge in [0.05, 0.1) is 6.54 Å². The molecule has 24 heavy (non-hydrogen) atoms. The van der Waals surface area contributed by atoms with Crippen LogP contribution in [0, 0.1) is 0 Å². The van der Waals surface area contributed by atoms with Gasteiger partial charge in [0.15, 0.2) is 11.0 Å². The summed E-state index contributed by atoms with van der Waals surface area (Å²) in [6, 6.07) is 10.3. The second kappa shape index (κ2) is 6.70. The second-order valence-electron chi connectivity index (χ2n) is 5.97. The topological polar surface area (TPSA) is 58.3 Å². The van der Waals surface area contributed by atoms with Crippen LogP contribution in [0.3, 0.4) is 0 Å². The highest BCUT2D eigenvalue weighted by Gasteiger charge is 2.26. The molecule has 1 fully saturated rings. The van der Waals surface area contributed by atoms with Gasteiger partial charge in [0.2, 0.25) is 0 Å². The van der Waals surface area contributed by atoms with Crippen LogP contribution in [0.4, 0.5) is 5.13 Å². The fourth-order valence-electron chi connectivity index (χ4n) is 3.03. The Labute approximate surface area is 144 Å². The van der Waals surface area contributed by atoms with Gasteiger partial charge in [-0.1, -0.05) is 23.4 Å². The molecule has 1 aliphatic rings. The summed E-state index contributed by atoms with van der Waals surface area (Å²) in [7, 11) is 0. The number of hydrogen-bond donors (Lipinski definition) is 0. The Bertz CT molecular complexity index is 773. The first-order valence-corrected chi connectivity index (χ1v) is 8.94. The lowest BCUT2D eigenvalue weighted by molar-refractivity contribution is 0.213. The van der Waals surface area contributed by atoms with Crippen LogP contribution in [0.5, 0.6) is 0 Å². The average Bonchev–Trinajstić information content (AvgIpc) is 3.28. The maximum atomic E-state index is 5.39. The second-order valence-corrected chi connectivity index (χ2v) is 6.85. The highest BCUT2D eigenvalue weighted by atomic mass is 32.1. The molecule has 0 spiro atoms. The fourth-order valence-corrected chi connectivity index (χ4v) is 3.81. The van der Waals surface area contributed by atoms with Crippen LogP contribution in [-0.2, 0) is 6.54 Å². The summed E-state index contributed by atoms with van der Waals surface area (Å²) in [6.45, 7) is 5.86. The van der Waals surface area contributed by atoms with Crippen LogP contribution in [0.1, 0.15) is 12.7 Å². The Morgan fingerprint density at radius 1 is 1.25 bits per heavy atom. The minimum absolute atomic E-state index is 0.422. The molecule has 0 radical (unpaired) electrons. The van der Waals surface area contributed by atoms with Crippen molar-refractivity contribution in [1.29, 1.82) is 0 Å². The van der Waals surface area contributed by atoms with Gasteiger partial charge in [-0.15, -0.1) is 11.3 Å². The zero-order valence-corrected chi connectivity index (χ0v) is 14.3. The third-order valence-electron chi connectivity index (χ3n) is 4.23. The minimum atomic E-state index is 0.422. The molecule has 1 aliphatic heterocycles. The van der Waals surface area contributed by atoms with E-state index < -0.39 is 0 Å². The summed E-state index contributed by atoms with van der Waals surface area (Å²) in [5.41, 5.74) is 0.957. The van der Waals surface area contributed by atoms with Crippen molar-refractivity contribution < 1.29 is 4.52 Å². The van der Waals surface area contributed by atoms with Gasteiger partial charge in [-0.25, -0.2) is 4.98 Å². The molecule has 124 valence electrons.